The quantitative estimate of drug-likeness (QED) is 0.455. The molecule has 0 unspecified atom stereocenters. The van der Waals surface area contributed by atoms with Gasteiger partial charge in [0, 0.05) is 11.9 Å². The van der Waals surface area contributed by atoms with Gasteiger partial charge in [-0.1, -0.05) is 6.92 Å². The van der Waals surface area contributed by atoms with Crippen LogP contribution in [0, 0.1) is 5.92 Å². The van der Waals surface area contributed by atoms with Crippen molar-refractivity contribution in [3.05, 3.63) is 0 Å². The zero-order chi connectivity index (χ0) is 7.72. The van der Waals surface area contributed by atoms with E-state index in [2.05, 4.69) is 0 Å². The summed E-state index contributed by atoms with van der Waals surface area (Å²) in [6.07, 6.45) is -1.12. The molecule has 1 rings (SSSR count). The Bertz CT molecular complexity index is 120. The van der Waals surface area contributed by atoms with Gasteiger partial charge in [-0.3, -0.25) is 0 Å². The van der Waals surface area contributed by atoms with Crippen LogP contribution in [0.15, 0.2) is 0 Å². The molecule has 0 aromatic heterocycles. The van der Waals surface area contributed by atoms with Crippen molar-refractivity contribution in [2.24, 2.45) is 5.92 Å². The summed E-state index contributed by atoms with van der Waals surface area (Å²) < 4.78 is 5.01. The smallest absolute Gasteiger partial charge is 0.109 e. The topological polar surface area (TPSA) is 49.7 Å². The van der Waals surface area contributed by atoms with E-state index in [0.717, 1.165) is 0 Å². The van der Waals surface area contributed by atoms with Crippen LogP contribution in [0.5, 0.6) is 0 Å². The molecule has 56 valence electrons. The standard InChI is InChI=1S/C6H11BO3/c1-3-5(9)4(2-8)10-6(3)7/h3-6,8-9H,2H2,1H3/t3-,4-,5+,6-/m1/s1. The molecule has 1 heterocycles. The first kappa shape index (κ1) is 8.05. The second-order valence-electron chi connectivity index (χ2n) is 2.67. The fourth-order valence-electron chi connectivity index (χ4n) is 1.09. The summed E-state index contributed by atoms with van der Waals surface area (Å²) >= 11 is 0. The normalized spacial score (nSPS) is 47.9. The highest BCUT2D eigenvalue weighted by molar-refractivity contribution is 6.11. The summed E-state index contributed by atoms with van der Waals surface area (Å²) in [6, 6.07) is -0.438. The van der Waals surface area contributed by atoms with Gasteiger partial charge in [0.25, 0.3) is 0 Å². The van der Waals surface area contributed by atoms with Crippen molar-refractivity contribution in [2.45, 2.75) is 25.1 Å². The summed E-state index contributed by atoms with van der Waals surface area (Å²) in [6.45, 7) is 1.63. The third-order valence-corrected chi connectivity index (χ3v) is 1.95. The Morgan fingerprint density at radius 1 is 1.60 bits per heavy atom. The van der Waals surface area contributed by atoms with Gasteiger partial charge < -0.3 is 14.9 Å². The van der Waals surface area contributed by atoms with E-state index in [9.17, 15) is 5.11 Å². The maximum absolute atomic E-state index is 9.26. The minimum Gasteiger partial charge on any atom is -0.394 e. The molecule has 2 radical (unpaired) electrons. The third-order valence-electron chi connectivity index (χ3n) is 1.95. The van der Waals surface area contributed by atoms with E-state index in [1.807, 2.05) is 0 Å². The zero-order valence-corrected chi connectivity index (χ0v) is 5.90. The molecular weight excluding hydrogens is 131 g/mol. The van der Waals surface area contributed by atoms with Crippen LogP contribution in [-0.2, 0) is 4.74 Å². The van der Waals surface area contributed by atoms with E-state index < -0.39 is 18.2 Å². The number of ether oxygens (including phenoxy) is 1. The van der Waals surface area contributed by atoms with Crippen molar-refractivity contribution in [3.8, 4) is 0 Å². The van der Waals surface area contributed by atoms with Gasteiger partial charge in [0.15, 0.2) is 0 Å². The third kappa shape index (κ3) is 1.19. The molecule has 0 saturated carbocycles. The lowest BCUT2D eigenvalue weighted by molar-refractivity contribution is -0.00490. The van der Waals surface area contributed by atoms with E-state index >= 15 is 0 Å². The van der Waals surface area contributed by atoms with Crippen LogP contribution in [0.25, 0.3) is 0 Å². The largest absolute Gasteiger partial charge is 0.394 e. The van der Waals surface area contributed by atoms with E-state index in [1.54, 1.807) is 6.92 Å². The van der Waals surface area contributed by atoms with Crippen LogP contribution >= 0.6 is 0 Å². The van der Waals surface area contributed by atoms with Gasteiger partial charge >= 0.3 is 0 Å². The Hall–Kier alpha value is -0.0551. The van der Waals surface area contributed by atoms with Crippen molar-refractivity contribution >= 4 is 7.85 Å². The van der Waals surface area contributed by atoms with Gasteiger partial charge in [0.1, 0.15) is 14.0 Å². The van der Waals surface area contributed by atoms with Crippen LogP contribution in [0.4, 0.5) is 0 Å². The molecule has 4 heteroatoms. The van der Waals surface area contributed by atoms with Gasteiger partial charge in [-0.25, -0.2) is 0 Å². The van der Waals surface area contributed by atoms with Gasteiger partial charge in [0.2, 0.25) is 0 Å². The summed E-state index contributed by atoms with van der Waals surface area (Å²) in [4.78, 5) is 0. The highest BCUT2D eigenvalue weighted by Gasteiger charge is 2.36. The summed E-state index contributed by atoms with van der Waals surface area (Å²) in [5, 5.41) is 17.9. The maximum atomic E-state index is 9.26. The van der Waals surface area contributed by atoms with Gasteiger partial charge in [-0.15, -0.1) is 0 Å². The average Bonchev–Trinajstić information content (AvgIpc) is 2.17. The lowest BCUT2D eigenvalue weighted by Crippen LogP contribution is -2.28. The molecule has 1 fully saturated rings. The highest BCUT2D eigenvalue weighted by atomic mass is 16.5. The predicted octanol–water partition coefficient (Wildman–Crippen LogP) is -1.13. The predicted molar refractivity (Wildman–Crippen MR) is 36.7 cm³/mol. The van der Waals surface area contributed by atoms with Crippen LogP contribution in [0.2, 0.25) is 0 Å². The van der Waals surface area contributed by atoms with Crippen molar-refractivity contribution in [3.63, 3.8) is 0 Å². The maximum Gasteiger partial charge on any atom is 0.109 e. The monoisotopic (exact) mass is 142 g/mol. The molecule has 0 bridgehead atoms. The van der Waals surface area contributed by atoms with E-state index in [4.69, 9.17) is 17.7 Å². The lowest BCUT2D eigenvalue weighted by Gasteiger charge is -2.11. The lowest BCUT2D eigenvalue weighted by atomic mass is 9.86. The SMILES string of the molecule is [B][C@@H]1O[C@H](CO)[C@@H](O)[C@H]1C. The van der Waals surface area contributed by atoms with Crippen molar-refractivity contribution < 1.29 is 14.9 Å². The van der Waals surface area contributed by atoms with E-state index in [1.165, 1.54) is 0 Å². The van der Waals surface area contributed by atoms with Crippen molar-refractivity contribution in [1.82, 2.24) is 0 Å². The minimum atomic E-state index is -0.625. The molecule has 0 amide bonds. The molecule has 10 heavy (non-hydrogen) atoms. The number of hydrogen-bond donors (Lipinski definition) is 2. The Labute approximate surface area is 61.4 Å². The van der Waals surface area contributed by atoms with Gasteiger partial charge in [-0.2, -0.15) is 0 Å². The van der Waals surface area contributed by atoms with Gasteiger partial charge in [0.05, 0.1) is 12.7 Å². The number of aliphatic hydroxyl groups is 2. The Morgan fingerprint density at radius 3 is 2.40 bits per heavy atom. The van der Waals surface area contributed by atoms with E-state index in [0.29, 0.717) is 0 Å². The fraction of sp³-hybridized carbons (Fsp3) is 1.00. The van der Waals surface area contributed by atoms with Crippen LogP contribution in [0.1, 0.15) is 6.92 Å². The number of aliphatic hydroxyl groups excluding tert-OH is 2. The van der Waals surface area contributed by atoms with Crippen molar-refractivity contribution in [2.75, 3.05) is 6.61 Å². The first-order chi connectivity index (χ1) is 4.66. The summed E-state index contributed by atoms with van der Waals surface area (Å²) in [5.74, 6) is -0.0860. The number of hydrogen-bond acceptors (Lipinski definition) is 3. The van der Waals surface area contributed by atoms with Crippen LogP contribution in [-0.4, -0.2) is 42.9 Å². The zero-order valence-electron chi connectivity index (χ0n) is 5.90. The molecule has 3 nitrogen and oxygen atoms in total. The van der Waals surface area contributed by atoms with Crippen LogP contribution in [0.3, 0.4) is 0 Å². The van der Waals surface area contributed by atoms with Gasteiger partial charge in [-0.05, 0) is 0 Å². The average molecular weight is 142 g/mol. The summed E-state index contributed by atoms with van der Waals surface area (Å²) in [7, 11) is 5.44. The molecule has 0 aliphatic carbocycles. The molecule has 1 saturated heterocycles. The second-order valence-corrected chi connectivity index (χ2v) is 2.67. The molecule has 4 atom stereocenters. The van der Waals surface area contributed by atoms with Crippen molar-refractivity contribution in [1.29, 1.82) is 0 Å². The second kappa shape index (κ2) is 2.90. The molecule has 1 aliphatic rings. The fourth-order valence-corrected chi connectivity index (χ4v) is 1.09. The molecular formula is C6H11BO3. The molecule has 1 aliphatic heterocycles. The molecule has 0 aromatic rings. The molecule has 0 aromatic carbocycles. The summed E-state index contributed by atoms with van der Waals surface area (Å²) in [5.41, 5.74) is 0. The number of rotatable bonds is 1. The highest BCUT2D eigenvalue weighted by Crippen LogP contribution is 2.23. The Kier molecular flexibility index (Phi) is 2.34. The molecule has 0 spiro atoms. The molecule has 2 N–H and O–H groups in total. The Balaban J connectivity index is 2.53. The van der Waals surface area contributed by atoms with Crippen LogP contribution < -0.4 is 0 Å². The van der Waals surface area contributed by atoms with E-state index in [-0.39, 0.29) is 12.5 Å². The first-order valence-corrected chi connectivity index (χ1v) is 3.36. The minimum absolute atomic E-state index is 0.0860. The first-order valence-electron chi connectivity index (χ1n) is 3.36. The Morgan fingerprint density at radius 2 is 2.20 bits per heavy atom.